The Morgan fingerprint density at radius 3 is 2.13 bits per heavy atom. The number of aromatic nitrogens is 2. The first-order chi connectivity index (χ1) is 22.4. The molecule has 248 valence electrons. The van der Waals surface area contributed by atoms with Gasteiger partial charge in [0, 0.05) is 24.9 Å². The first-order valence-electron chi connectivity index (χ1n) is 14.7. The molecule has 0 atom stereocenters. The summed E-state index contributed by atoms with van der Waals surface area (Å²) in [5.74, 6) is -0.711. The van der Waals surface area contributed by atoms with Crippen LogP contribution in [0.4, 0.5) is 0 Å². The number of hydrogen-bond acceptors (Lipinski definition) is 9. The van der Waals surface area contributed by atoms with E-state index in [1.807, 2.05) is 101 Å². The van der Waals surface area contributed by atoms with Crippen LogP contribution in [0.1, 0.15) is 30.3 Å². The predicted octanol–water partition coefficient (Wildman–Crippen LogP) is 4.00. The maximum absolute atomic E-state index is 13.5. The molecule has 5 rings (SSSR count). The van der Waals surface area contributed by atoms with Gasteiger partial charge in [-0.15, -0.1) is 11.3 Å². The Bertz CT molecular complexity index is 2190. The van der Waals surface area contributed by atoms with Crippen LogP contribution in [0, 0.1) is 0 Å². The molecule has 0 saturated carbocycles. The summed E-state index contributed by atoms with van der Waals surface area (Å²) in [6.45, 7) is 3.07. The molecule has 1 aliphatic rings. The minimum Gasteiger partial charge on any atom is -0.335 e. The topological polar surface area (TPSA) is 138 Å². The summed E-state index contributed by atoms with van der Waals surface area (Å²) in [5, 5.41) is 3.64. The third-order valence-corrected chi connectivity index (χ3v) is 12.0. The van der Waals surface area contributed by atoms with Crippen molar-refractivity contribution in [2.45, 2.75) is 32.9 Å². The van der Waals surface area contributed by atoms with Gasteiger partial charge in [0.05, 0.1) is 32.8 Å². The molecule has 2 N–H and O–H groups in total. The second-order valence-corrected chi connectivity index (χ2v) is 16.7. The molecule has 0 unspecified atom stereocenters. The fourth-order valence-corrected chi connectivity index (χ4v) is 9.18. The molecule has 0 fully saturated rings. The number of benzene rings is 2. The molecule has 0 aliphatic carbocycles. The lowest BCUT2D eigenvalue weighted by Gasteiger charge is -2.23. The number of allylic oxidation sites excluding steroid dienone is 1. The Morgan fingerprint density at radius 2 is 1.49 bits per heavy atom. The van der Waals surface area contributed by atoms with Crippen LogP contribution in [0.5, 0.6) is 0 Å². The number of nitrogens with zero attached hydrogens (tertiary/aromatic N) is 3. The third-order valence-electron chi connectivity index (χ3n) is 7.21. The van der Waals surface area contributed by atoms with Crippen molar-refractivity contribution in [3.8, 4) is 10.4 Å². The molecule has 0 bridgehead atoms. The van der Waals surface area contributed by atoms with Crippen LogP contribution in [-0.2, 0) is 33.3 Å². The number of thioether (sulfide) groups is 1. The normalized spacial score (nSPS) is 15.6. The van der Waals surface area contributed by atoms with E-state index in [1.54, 1.807) is 10.6 Å². The molecule has 0 amide bonds. The Morgan fingerprint density at radius 1 is 0.851 bits per heavy atom. The van der Waals surface area contributed by atoms with Crippen molar-refractivity contribution in [2.75, 3.05) is 18.1 Å². The van der Waals surface area contributed by atoms with Crippen molar-refractivity contribution in [1.82, 2.24) is 9.47 Å². The number of hydrogen-bond donors (Lipinski definition) is 2. The summed E-state index contributed by atoms with van der Waals surface area (Å²) in [7, 11) is -8.19. The molecular formula is C32H34N3O7S5+. The highest BCUT2D eigenvalue weighted by atomic mass is 32.2. The van der Waals surface area contributed by atoms with Gasteiger partial charge in [-0.2, -0.15) is 21.4 Å². The molecule has 1 aliphatic heterocycles. The van der Waals surface area contributed by atoms with Crippen LogP contribution in [0.15, 0.2) is 88.2 Å². The summed E-state index contributed by atoms with van der Waals surface area (Å²) in [6.07, 6.45) is 7.98. The summed E-state index contributed by atoms with van der Waals surface area (Å²) in [4.78, 5) is 16.5. The molecular weight excluding hydrogens is 699 g/mol. The van der Waals surface area contributed by atoms with E-state index in [0.717, 1.165) is 36.4 Å². The lowest BCUT2D eigenvalue weighted by Crippen LogP contribution is -2.36. The maximum Gasteiger partial charge on any atom is 0.269 e. The Balaban J connectivity index is 1.51. The van der Waals surface area contributed by atoms with Crippen molar-refractivity contribution in [3.63, 3.8) is 0 Å². The molecule has 0 spiro atoms. The predicted molar refractivity (Wildman–Crippen MR) is 190 cm³/mol. The van der Waals surface area contributed by atoms with Crippen molar-refractivity contribution in [2.24, 2.45) is 0 Å². The van der Waals surface area contributed by atoms with Crippen LogP contribution < -0.4 is 19.3 Å². The van der Waals surface area contributed by atoms with E-state index in [4.69, 9.17) is 0 Å². The summed E-state index contributed by atoms with van der Waals surface area (Å²) in [5.41, 5.74) is 2.74. The molecule has 0 radical (unpaired) electrons. The van der Waals surface area contributed by atoms with E-state index >= 15 is 0 Å². The smallest absolute Gasteiger partial charge is 0.269 e. The standard InChI is InChI=1S/C32H33N3O7S5/c1-2-34-31(21-30-33(17-9-19-46(37,38)39)22-28(45-30)25-13-7-4-8-14-25)44-27(32(34)36)15-16-29-35(18-10-20-47(40,41)42)26(23-43-29)24-11-5-3-6-12-24/h3-8,11-16,21-23H,2,9-10,17-20H2,1H3,(H-,37,38,39,40,41,42)/p+1/b27-15+,29-16-. The number of thiazole rings is 2. The minimum atomic E-state index is -4.10. The van der Waals surface area contributed by atoms with Crippen molar-refractivity contribution < 1.29 is 30.5 Å². The molecule has 47 heavy (non-hydrogen) atoms. The van der Waals surface area contributed by atoms with Crippen molar-refractivity contribution >= 4 is 72.5 Å². The summed E-state index contributed by atoms with van der Waals surface area (Å²) in [6, 6.07) is 19.5. The van der Waals surface area contributed by atoms with Crippen molar-refractivity contribution in [1.29, 1.82) is 0 Å². The quantitative estimate of drug-likeness (QED) is 0.154. The number of aryl methyl sites for hydroxylation is 1. The lowest BCUT2D eigenvalue weighted by molar-refractivity contribution is -0.693. The largest absolute Gasteiger partial charge is 0.335 e. The van der Waals surface area contributed by atoms with E-state index in [2.05, 4.69) is 0 Å². The Labute approximate surface area is 285 Å². The Kier molecular flexibility index (Phi) is 11.4. The average molecular weight is 733 g/mol. The average Bonchev–Trinajstić information content (AvgIpc) is 3.71. The molecule has 3 heterocycles. The van der Waals surface area contributed by atoms with E-state index in [1.165, 1.54) is 34.4 Å². The minimum absolute atomic E-state index is 0.143. The van der Waals surface area contributed by atoms with Crippen molar-refractivity contribution in [3.05, 3.63) is 113 Å². The lowest BCUT2D eigenvalue weighted by atomic mass is 10.1. The summed E-state index contributed by atoms with van der Waals surface area (Å²) < 4.78 is 68.9. The first kappa shape index (κ1) is 35.0. The first-order valence-corrected chi connectivity index (χ1v) is 20.5. The highest BCUT2D eigenvalue weighted by Gasteiger charge is 2.23. The zero-order valence-electron chi connectivity index (χ0n) is 25.4. The van der Waals surface area contributed by atoms with Gasteiger partial charge in [-0.1, -0.05) is 83.8 Å². The summed E-state index contributed by atoms with van der Waals surface area (Å²) >= 11 is 4.35. The highest BCUT2D eigenvalue weighted by Crippen LogP contribution is 2.39. The van der Waals surface area contributed by atoms with Gasteiger partial charge in [-0.25, -0.2) is 0 Å². The molecule has 2 aromatic heterocycles. The van der Waals surface area contributed by atoms with E-state index in [9.17, 15) is 30.7 Å². The van der Waals surface area contributed by atoms with Gasteiger partial charge in [0.25, 0.3) is 30.8 Å². The van der Waals surface area contributed by atoms with Gasteiger partial charge in [0.15, 0.2) is 12.7 Å². The molecule has 15 heteroatoms. The molecule has 0 saturated heterocycles. The Hall–Kier alpha value is -3.31. The van der Waals surface area contributed by atoms with Gasteiger partial charge in [-0.3, -0.25) is 18.5 Å². The monoisotopic (exact) mass is 732 g/mol. The zero-order valence-corrected chi connectivity index (χ0v) is 29.5. The SMILES string of the molecule is CCn1c(=O)/c(=C\C=C2/SC=C(c3ccccc3)N2CCCS(=O)(=O)O)s/c1=C\c1sc(-c2ccccc2)c[n+]1CCCS(=O)(=O)O. The highest BCUT2D eigenvalue weighted by molar-refractivity contribution is 8.06. The molecule has 10 nitrogen and oxygen atoms in total. The molecule has 4 aromatic rings. The van der Waals surface area contributed by atoms with Crippen LogP contribution >= 0.6 is 34.4 Å². The van der Waals surface area contributed by atoms with Gasteiger partial charge in [0.2, 0.25) is 0 Å². The number of rotatable bonds is 13. The van der Waals surface area contributed by atoms with E-state index in [0.29, 0.717) is 24.2 Å². The van der Waals surface area contributed by atoms with Gasteiger partial charge < -0.3 is 4.90 Å². The fraction of sp³-hybridized carbons (Fsp3) is 0.250. The van der Waals surface area contributed by atoms with Crippen LogP contribution in [0.3, 0.4) is 0 Å². The third kappa shape index (κ3) is 9.41. The fourth-order valence-electron chi connectivity index (χ4n) is 5.01. The van der Waals surface area contributed by atoms with Crippen LogP contribution in [-0.4, -0.2) is 53.5 Å². The second-order valence-electron chi connectivity index (χ2n) is 10.6. The van der Waals surface area contributed by atoms with Gasteiger partial charge in [0.1, 0.15) is 9.54 Å². The molecule has 2 aromatic carbocycles. The second kappa shape index (κ2) is 15.3. The zero-order chi connectivity index (χ0) is 33.6. The van der Waals surface area contributed by atoms with Gasteiger partial charge >= 0.3 is 0 Å². The van der Waals surface area contributed by atoms with E-state index < -0.39 is 20.2 Å². The van der Waals surface area contributed by atoms with E-state index in [-0.39, 0.29) is 29.9 Å². The van der Waals surface area contributed by atoms with Crippen LogP contribution in [0.25, 0.3) is 28.3 Å². The maximum atomic E-state index is 13.5. The van der Waals surface area contributed by atoms with Gasteiger partial charge in [-0.05, 0) is 36.6 Å². The van der Waals surface area contributed by atoms with Crippen LogP contribution in [0.2, 0.25) is 0 Å².